The molecule has 1 aromatic carbocycles. The highest BCUT2D eigenvalue weighted by atomic mass is 16.3. The fourth-order valence-corrected chi connectivity index (χ4v) is 3.34. The topological polar surface area (TPSA) is 20.2 Å². The highest BCUT2D eigenvalue weighted by molar-refractivity contribution is 5.27. The minimum Gasteiger partial charge on any atom is -0.385 e. The average molecular weight is 274 g/mol. The van der Waals surface area contributed by atoms with Crippen molar-refractivity contribution in [1.82, 2.24) is 0 Å². The second-order valence-electron chi connectivity index (χ2n) is 6.45. The van der Waals surface area contributed by atoms with Gasteiger partial charge in [0, 0.05) is 0 Å². The average Bonchev–Trinajstić information content (AvgIpc) is 2.48. The Morgan fingerprint density at radius 1 is 0.900 bits per heavy atom. The first-order valence-electron chi connectivity index (χ1n) is 8.56. The van der Waals surface area contributed by atoms with Crippen LogP contribution in [0.4, 0.5) is 0 Å². The van der Waals surface area contributed by atoms with Crippen LogP contribution < -0.4 is 0 Å². The predicted octanol–water partition coefficient (Wildman–Crippen LogP) is 5.35. The monoisotopic (exact) mass is 274 g/mol. The van der Waals surface area contributed by atoms with E-state index in [0.29, 0.717) is 0 Å². The number of aryl methyl sites for hydroxylation is 1. The maximum Gasteiger partial charge on any atom is 0.0896 e. The zero-order valence-electron chi connectivity index (χ0n) is 13.0. The van der Waals surface area contributed by atoms with Gasteiger partial charge >= 0.3 is 0 Å². The third-order valence-electron chi connectivity index (χ3n) is 4.74. The van der Waals surface area contributed by atoms with Crippen LogP contribution in [0.25, 0.3) is 0 Å². The summed E-state index contributed by atoms with van der Waals surface area (Å²) in [6, 6.07) is 8.77. The van der Waals surface area contributed by atoms with Gasteiger partial charge in [-0.3, -0.25) is 0 Å². The second kappa shape index (κ2) is 7.83. The lowest BCUT2D eigenvalue weighted by Gasteiger charge is -2.32. The molecule has 0 radical (unpaired) electrons. The summed E-state index contributed by atoms with van der Waals surface area (Å²) in [5.41, 5.74) is 2.01. The maximum atomic E-state index is 10.7. The van der Waals surface area contributed by atoms with Crippen molar-refractivity contribution in [2.45, 2.75) is 83.2 Å². The normalized spacial score (nSPS) is 18.1. The fourth-order valence-electron chi connectivity index (χ4n) is 3.34. The molecule has 0 amide bonds. The lowest BCUT2D eigenvalue weighted by Crippen LogP contribution is -2.28. The van der Waals surface area contributed by atoms with Gasteiger partial charge in [-0.05, 0) is 36.8 Å². The van der Waals surface area contributed by atoms with Crippen LogP contribution in [0.1, 0.15) is 82.3 Å². The van der Waals surface area contributed by atoms with Crippen LogP contribution >= 0.6 is 0 Å². The molecular weight excluding hydrogens is 244 g/mol. The zero-order valence-corrected chi connectivity index (χ0v) is 13.0. The quantitative estimate of drug-likeness (QED) is 0.664. The molecule has 0 aliphatic heterocycles. The molecule has 1 nitrogen and oxygen atoms in total. The molecule has 0 saturated heterocycles. The SMILES string of the molecule is CCCCCCCc1ccc(C2(O)CCCCC2)cc1. The lowest BCUT2D eigenvalue weighted by molar-refractivity contribution is -0.000636. The highest BCUT2D eigenvalue weighted by Crippen LogP contribution is 2.36. The largest absolute Gasteiger partial charge is 0.385 e. The van der Waals surface area contributed by atoms with Gasteiger partial charge in [-0.15, -0.1) is 0 Å². The van der Waals surface area contributed by atoms with Gasteiger partial charge in [-0.25, -0.2) is 0 Å². The Kier molecular flexibility index (Phi) is 6.09. The Balaban J connectivity index is 1.83. The third-order valence-corrected chi connectivity index (χ3v) is 4.74. The summed E-state index contributed by atoms with van der Waals surface area (Å²) in [6.07, 6.45) is 13.3. The van der Waals surface area contributed by atoms with Crippen LogP contribution in [-0.4, -0.2) is 5.11 Å². The summed E-state index contributed by atoms with van der Waals surface area (Å²) in [5.74, 6) is 0. The molecule has 1 heteroatoms. The van der Waals surface area contributed by atoms with E-state index >= 15 is 0 Å². The molecule has 0 heterocycles. The number of hydrogen-bond donors (Lipinski definition) is 1. The van der Waals surface area contributed by atoms with E-state index in [1.807, 2.05) is 0 Å². The molecule has 0 unspecified atom stereocenters. The highest BCUT2D eigenvalue weighted by Gasteiger charge is 2.30. The van der Waals surface area contributed by atoms with Crippen molar-refractivity contribution in [1.29, 1.82) is 0 Å². The Labute approximate surface area is 124 Å². The smallest absolute Gasteiger partial charge is 0.0896 e. The summed E-state index contributed by atoms with van der Waals surface area (Å²) in [6.45, 7) is 2.26. The predicted molar refractivity (Wildman–Crippen MR) is 85.9 cm³/mol. The number of hydrogen-bond acceptors (Lipinski definition) is 1. The first-order valence-corrected chi connectivity index (χ1v) is 8.56. The van der Waals surface area contributed by atoms with Gasteiger partial charge < -0.3 is 5.11 Å². The van der Waals surface area contributed by atoms with Crippen molar-refractivity contribution in [2.75, 3.05) is 0 Å². The number of unbranched alkanes of at least 4 members (excludes halogenated alkanes) is 4. The molecule has 1 N–H and O–H groups in total. The Bertz CT molecular complexity index is 373. The second-order valence-corrected chi connectivity index (χ2v) is 6.45. The lowest BCUT2D eigenvalue weighted by atomic mass is 9.79. The molecule has 0 atom stereocenters. The van der Waals surface area contributed by atoms with Gasteiger partial charge in [0.15, 0.2) is 0 Å². The molecule has 0 bridgehead atoms. The van der Waals surface area contributed by atoms with Gasteiger partial charge in [-0.1, -0.05) is 76.1 Å². The van der Waals surface area contributed by atoms with Crippen molar-refractivity contribution in [3.63, 3.8) is 0 Å². The first-order chi connectivity index (χ1) is 9.74. The van der Waals surface area contributed by atoms with Crippen LogP contribution in [0.5, 0.6) is 0 Å². The fraction of sp³-hybridized carbons (Fsp3) is 0.684. The van der Waals surface area contributed by atoms with Gasteiger partial charge in [0.05, 0.1) is 5.60 Å². The van der Waals surface area contributed by atoms with Crippen LogP contribution in [0.3, 0.4) is 0 Å². The van der Waals surface area contributed by atoms with Gasteiger partial charge in [-0.2, -0.15) is 0 Å². The minimum absolute atomic E-state index is 0.544. The van der Waals surface area contributed by atoms with Gasteiger partial charge in [0.25, 0.3) is 0 Å². The van der Waals surface area contributed by atoms with Crippen LogP contribution in [-0.2, 0) is 12.0 Å². The van der Waals surface area contributed by atoms with Crippen molar-refractivity contribution in [3.05, 3.63) is 35.4 Å². The minimum atomic E-state index is -0.544. The van der Waals surface area contributed by atoms with E-state index in [4.69, 9.17) is 0 Å². The molecule has 1 aromatic rings. The number of rotatable bonds is 7. The molecule has 1 aliphatic carbocycles. The summed E-state index contributed by atoms with van der Waals surface area (Å²) in [7, 11) is 0. The molecule has 20 heavy (non-hydrogen) atoms. The van der Waals surface area contributed by atoms with E-state index in [-0.39, 0.29) is 0 Å². The van der Waals surface area contributed by atoms with E-state index in [0.717, 1.165) is 31.2 Å². The third kappa shape index (κ3) is 4.34. The molecule has 2 rings (SSSR count). The van der Waals surface area contributed by atoms with Crippen molar-refractivity contribution < 1.29 is 5.11 Å². The van der Waals surface area contributed by atoms with E-state index in [2.05, 4.69) is 31.2 Å². The zero-order chi connectivity index (χ0) is 14.3. The Hall–Kier alpha value is -0.820. The summed E-state index contributed by atoms with van der Waals surface area (Å²) < 4.78 is 0. The molecule has 0 aromatic heterocycles. The van der Waals surface area contributed by atoms with Gasteiger partial charge in [0.1, 0.15) is 0 Å². The molecule has 0 spiro atoms. The van der Waals surface area contributed by atoms with Crippen molar-refractivity contribution >= 4 is 0 Å². The van der Waals surface area contributed by atoms with Gasteiger partial charge in [0.2, 0.25) is 0 Å². The maximum absolute atomic E-state index is 10.7. The standard InChI is InChI=1S/C19H30O/c1-2-3-4-5-7-10-17-11-13-18(14-12-17)19(20)15-8-6-9-16-19/h11-14,20H,2-10,15-16H2,1H3. The Morgan fingerprint density at radius 2 is 1.55 bits per heavy atom. The molecule has 1 fully saturated rings. The van der Waals surface area contributed by atoms with Crippen molar-refractivity contribution in [3.8, 4) is 0 Å². The van der Waals surface area contributed by atoms with E-state index < -0.39 is 5.60 Å². The molecule has 1 aliphatic rings. The van der Waals surface area contributed by atoms with Crippen LogP contribution in [0, 0.1) is 0 Å². The molecule has 1 saturated carbocycles. The molecule has 112 valence electrons. The van der Waals surface area contributed by atoms with Crippen LogP contribution in [0.15, 0.2) is 24.3 Å². The number of aliphatic hydroxyl groups is 1. The number of benzene rings is 1. The first kappa shape index (κ1) is 15.6. The van der Waals surface area contributed by atoms with Crippen molar-refractivity contribution in [2.24, 2.45) is 0 Å². The van der Waals surface area contributed by atoms with E-state index in [1.165, 1.54) is 50.5 Å². The van der Waals surface area contributed by atoms with Crippen LogP contribution in [0.2, 0.25) is 0 Å². The summed E-state index contributed by atoms with van der Waals surface area (Å²) in [4.78, 5) is 0. The Morgan fingerprint density at radius 3 is 2.20 bits per heavy atom. The summed E-state index contributed by atoms with van der Waals surface area (Å²) in [5, 5.41) is 10.7. The summed E-state index contributed by atoms with van der Waals surface area (Å²) >= 11 is 0. The molecular formula is C19H30O. The van der Waals surface area contributed by atoms with E-state index in [1.54, 1.807) is 0 Å². The van der Waals surface area contributed by atoms with E-state index in [9.17, 15) is 5.11 Å².